The second-order valence-corrected chi connectivity index (χ2v) is 9.38. The van der Waals surface area contributed by atoms with Gasteiger partial charge in [-0.15, -0.1) is 0 Å². The first-order valence-electron chi connectivity index (χ1n) is 9.69. The van der Waals surface area contributed by atoms with Crippen molar-refractivity contribution in [2.24, 2.45) is 22.7 Å². The maximum Gasteiger partial charge on any atom is 0.303 e. The molecule has 3 saturated carbocycles. The zero-order valence-electron chi connectivity index (χ0n) is 17.4. The largest absolute Gasteiger partial charge is 0.462 e. The Balaban J connectivity index is 2.10. The maximum absolute atomic E-state index is 12.0. The third-order valence-electron chi connectivity index (χ3n) is 7.16. The minimum absolute atomic E-state index is 0.341. The van der Waals surface area contributed by atoms with Gasteiger partial charge in [-0.05, 0) is 18.4 Å². The highest BCUT2D eigenvalue weighted by molar-refractivity contribution is 5.68. The summed E-state index contributed by atoms with van der Waals surface area (Å²) in [5.41, 5.74) is -2.18. The lowest BCUT2D eigenvalue weighted by molar-refractivity contribution is -0.160. The molecule has 0 bridgehead atoms. The van der Waals surface area contributed by atoms with Crippen molar-refractivity contribution in [1.29, 1.82) is 0 Å². The summed E-state index contributed by atoms with van der Waals surface area (Å²) >= 11 is 0. The molecule has 7 nitrogen and oxygen atoms in total. The van der Waals surface area contributed by atoms with Crippen LogP contribution >= 0.6 is 0 Å². The van der Waals surface area contributed by atoms with Crippen molar-refractivity contribution in [3.8, 4) is 0 Å². The van der Waals surface area contributed by atoms with Gasteiger partial charge in [-0.2, -0.15) is 0 Å². The first-order valence-corrected chi connectivity index (χ1v) is 9.69. The molecule has 1 N–H and O–H groups in total. The summed E-state index contributed by atoms with van der Waals surface area (Å²) in [6.07, 6.45) is -0.876. The van der Waals surface area contributed by atoms with Crippen LogP contribution in [-0.4, -0.2) is 46.9 Å². The predicted molar refractivity (Wildman–Crippen MR) is 98.9 cm³/mol. The predicted octanol–water partition coefficient (Wildman–Crippen LogP) is 2.15. The molecule has 0 radical (unpaired) electrons. The summed E-state index contributed by atoms with van der Waals surface area (Å²) in [5.74, 6) is -2.12. The second-order valence-electron chi connectivity index (χ2n) is 9.38. The zero-order valence-corrected chi connectivity index (χ0v) is 17.4. The highest BCUT2D eigenvalue weighted by atomic mass is 16.6. The van der Waals surface area contributed by atoms with Crippen LogP contribution in [0.15, 0.2) is 12.2 Å². The molecule has 0 aromatic heterocycles. The van der Waals surface area contributed by atoms with E-state index in [1.165, 1.54) is 20.8 Å². The summed E-state index contributed by atoms with van der Waals surface area (Å²) in [5, 5.41) is 12.0. The van der Waals surface area contributed by atoms with Gasteiger partial charge in [0.1, 0.15) is 18.3 Å². The van der Waals surface area contributed by atoms with E-state index in [0.717, 1.165) is 0 Å². The number of aliphatic hydroxyl groups is 1. The Morgan fingerprint density at radius 2 is 1.54 bits per heavy atom. The van der Waals surface area contributed by atoms with Crippen LogP contribution in [0, 0.1) is 22.7 Å². The van der Waals surface area contributed by atoms with E-state index in [9.17, 15) is 19.5 Å². The first kappa shape index (κ1) is 20.8. The number of esters is 3. The zero-order chi connectivity index (χ0) is 21.2. The number of carbonyl (C=O) groups is 3. The number of hydrogen-bond acceptors (Lipinski definition) is 7. The molecule has 7 heteroatoms. The molecule has 156 valence electrons. The van der Waals surface area contributed by atoms with Crippen molar-refractivity contribution in [2.45, 2.75) is 78.3 Å². The second kappa shape index (κ2) is 6.31. The lowest BCUT2D eigenvalue weighted by Crippen LogP contribution is -2.48. The molecule has 3 aliphatic rings. The average Bonchev–Trinajstić information content (AvgIpc) is 2.94. The van der Waals surface area contributed by atoms with Crippen molar-refractivity contribution in [2.75, 3.05) is 0 Å². The van der Waals surface area contributed by atoms with Crippen molar-refractivity contribution in [3.63, 3.8) is 0 Å². The summed E-state index contributed by atoms with van der Waals surface area (Å²) in [6.45, 7) is 14.0. The topological polar surface area (TPSA) is 99.1 Å². The molecular formula is C21H30O7. The number of hydrogen-bond donors (Lipinski definition) is 1. The molecule has 0 unspecified atom stereocenters. The van der Waals surface area contributed by atoms with Gasteiger partial charge in [-0.3, -0.25) is 14.4 Å². The molecule has 3 rings (SSSR count). The molecule has 0 spiro atoms. The summed E-state index contributed by atoms with van der Waals surface area (Å²) in [4.78, 5) is 35.1. The Labute approximate surface area is 165 Å². The molecule has 7 atom stereocenters. The highest BCUT2D eigenvalue weighted by Gasteiger charge is 2.78. The Hall–Kier alpha value is -1.89. The molecule has 0 amide bonds. The highest BCUT2D eigenvalue weighted by Crippen LogP contribution is 2.72. The molecule has 3 fully saturated rings. The van der Waals surface area contributed by atoms with Gasteiger partial charge in [0, 0.05) is 43.4 Å². The number of fused-ring (bicyclic) bond motifs is 3. The lowest BCUT2D eigenvalue weighted by Gasteiger charge is -2.42. The fraction of sp³-hybridized carbons (Fsp3) is 0.762. The molecule has 0 aromatic carbocycles. The molecule has 0 saturated heterocycles. The summed E-state index contributed by atoms with van der Waals surface area (Å²) in [6, 6.07) is 0. The molecular weight excluding hydrogens is 364 g/mol. The number of rotatable bonds is 3. The number of ether oxygens (including phenoxy) is 3. The Morgan fingerprint density at radius 1 is 1.00 bits per heavy atom. The smallest absolute Gasteiger partial charge is 0.303 e. The van der Waals surface area contributed by atoms with Crippen LogP contribution in [0.25, 0.3) is 0 Å². The fourth-order valence-electron chi connectivity index (χ4n) is 6.54. The van der Waals surface area contributed by atoms with E-state index in [4.69, 9.17) is 14.2 Å². The van der Waals surface area contributed by atoms with Crippen LogP contribution < -0.4 is 0 Å². The van der Waals surface area contributed by atoms with Gasteiger partial charge in [0.2, 0.25) is 0 Å². The van der Waals surface area contributed by atoms with Gasteiger partial charge >= 0.3 is 17.9 Å². The van der Waals surface area contributed by atoms with Gasteiger partial charge in [-0.1, -0.05) is 27.4 Å². The van der Waals surface area contributed by atoms with Gasteiger partial charge in [0.05, 0.1) is 5.60 Å². The van der Waals surface area contributed by atoms with Crippen LogP contribution in [0.3, 0.4) is 0 Å². The van der Waals surface area contributed by atoms with Crippen molar-refractivity contribution < 1.29 is 33.7 Å². The maximum atomic E-state index is 12.0. The van der Waals surface area contributed by atoms with Crippen LogP contribution in [0.1, 0.15) is 54.4 Å². The first-order chi connectivity index (χ1) is 12.8. The minimum Gasteiger partial charge on any atom is -0.462 e. The van der Waals surface area contributed by atoms with Gasteiger partial charge in [-0.25, -0.2) is 0 Å². The minimum atomic E-state index is -1.40. The Morgan fingerprint density at radius 3 is 2.04 bits per heavy atom. The van der Waals surface area contributed by atoms with Crippen LogP contribution in [0.2, 0.25) is 0 Å². The summed E-state index contributed by atoms with van der Waals surface area (Å²) in [7, 11) is 0. The standard InChI is InChI=1S/C21H30O7/c1-10-15(26-11(2)22)8-14-17(28-13(4)24)20(7)9-16(27-12(3)23)19(5,6)18(20)21(10,14)25/h14-18,25H,1,8-9H2,2-7H3/t14-,15-,16+,17-,18-,20-,21+/m0/s1. The third kappa shape index (κ3) is 2.70. The average molecular weight is 394 g/mol. The lowest BCUT2D eigenvalue weighted by atomic mass is 9.65. The van der Waals surface area contributed by atoms with Crippen LogP contribution in [-0.2, 0) is 28.6 Å². The molecule has 0 aliphatic heterocycles. The van der Waals surface area contributed by atoms with Crippen LogP contribution in [0.4, 0.5) is 0 Å². The van der Waals surface area contributed by atoms with E-state index in [0.29, 0.717) is 18.4 Å². The van der Waals surface area contributed by atoms with Gasteiger partial charge < -0.3 is 19.3 Å². The van der Waals surface area contributed by atoms with Crippen molar-refractivity contribution in [1.82, 2.24) is 0 Å². The summed E-state index contributed by atoms with van der Waals surface area (Å²) < 4.78 is 16.7. The van der Waals surface area contributed by atoms with Gasteiger partial charge in [0.15, 0.2) is 0 Å². The monoisotopic (exact) mass is 394 g/mol. The molecule has 28 heavy (non-hydrogen) atoms. The van der Waals surface area contributed by atoms with E-state index in [-0.39, 0.29) is 5.92 Å². The quantitative estimate of drug-likeness (QED) is 0.445. The SMILES string of the molecule is C=C1[C@@H](OC(C)=O)C[C@H]2[C@H](OC(C)=O)[C@]3(C)C[C@@H](OC(C)=O)C(C)(C)[C@@H]3[C@@]12O. The molecule has 0 heterocycles. The Kier molecular flexibility index (Phi) is 4.69. The van der Waals surface area contributed by atoms with Crippen molar-refractivity contribution in [3.05, 3.63) is 12.2 Å². The molecule has 3 aliphatic carbocycles. The van der Waals surface area contributed by atoms with E-state index in [1.807, 2.05) is 20.8 Å². The Bertz CT molecular complexity index is 741. The fourth-order valence-corrected chi connectivity index (χ4v) is 6.54. The van der Waals surface area contributed by atoms with Crippen molar-refractivity contribution >= 4 is 17.9 Å². The van der Waals surface area contributed by atoms with E-state index in [1.54, 1.807) is 0 Å². The molecule has 0 aromatic rings. The number of carbonyl (C=O) groups excluding carboxylic acids is 3. The third-order valence-corrected chi connectivity index (χ3v) is 7.16. The van der Waals surface area contributed by atoms with Gasteiger partial charge in [0.25, 0.3) is 0 Å². The normalized spacial score (nSPS) is 43.2. The van der Waals surface area contributed by atoms with E-state index in [2.05, 4.69) is 6.58 Å². The van der Waals surface area contributed by atoms with E-state index >= 15 is 0 Å². The van der Waals surface area contributed by atoms with Crippen LogP contribution in [0.5, 0.6) is 0 Å². The van der Waals surface area contributed by atoms with E-state index < -0.39 is 58.6 Å².